The number of hydrogen-bond donors (Lipinski definition) is 3. The Hall–Kier alpha value is -4.04. The van der Waals surface area contributed by atoms with E-state index >= 15 is 0 Å². The minimum atomic E-state index is -0.833. The Labute approximate surface area is 467 Å². The Morgan fingerprint density at radius 3 is 1.57 bits per heavy atom. The number of amidine groups is 1. The van der Waals surface area contributed by atoms with Crippen molar-refractivity contribution in [2.75, 3.05) is 17.7 Å². The maximum atomic E-state index is 14.9. The van der Waals surface area contributed by atoms with Gasteiger partial charge in [-0.3, -0.25) is 14.4 Å². The first-order valence-electron chi connectivity index (χ1n) is 26.4. The van der Waals surface area contributed by atoms with Crippen molar-refractivity contribution in [2.45, 2.75) is 195 Å². The van der Waals surface area contributed by atoms with Crippen LogP contribution in [0.4, 0.5) is 5.82 Å². The molecule has 1 aromatic rings. The Balaban J connectivity index is 0.00000371. The number of rotatable bonds is 12. The van der Waals surface area contributed by atoms with E-state index in [0.29, 0.717) is 40.1 Å². The van der Waals surface area contributed by atoms with E-state index in [-0.39, 0.29) is 112 Å². The van der Waals surface area contributed by atoms with Crippen LogP contribution in [0.3, 0.4) is 0 Å². The number of ether oxygens (including phenoxy) is 3. The second-order valence-electron chi connectivity index (χ2n) is 26.8. The van der Waals surface area contributed by atoms with Crippen LogP contribution >= 0.6 is 11.8 Å². The molecule has 2 amide bonds. The largest absolute Gasteiger partial charge is 0.481 e. The van der Waals surface area contributed by atoms with Gasteiger partial charge in [0.05, 0.1) is 10.8 Å². The Morgan fingerprint density at radius 2 is 1.19 bits per heavy atom. The van der Waals surface area contributed by atoms with Gasteiger partial charge in [-0.1, -0.05) is 124 Å². The van der Waals surface area contributed by atoms with E-state index < -0.39 is 46.6 Å². The zero-order chi connectivity index (χ0) is 57.0. The van der Waals surface area contributed by atoms with Crippen LogP contribution in [0.1, 0.15) is 193 Å². The predicted octanol–water partition coefficient (Wildman–Crippen LogP) is 13.6. The number of anilines is 1. The molecule has 75 heavy (non-hydrogen) atoms. The second kappa shape index (κ2) is 26.1. The van der Waals surface area contributed by atoms with Crippen molar-refractivity contribution in [3.8, 4) is 0 Å². The quantitative estimate of drug-likeness (QED) is 0.0590. The molecule has 0 spiro atoms. The molecule has 1 aromatic heterocycles. The van der Waals surface area contributed by atoms with E-state index in [0.717, 1.165) is 32.6 Å². The van der Waals surface area contributed by atoms with Crippen LogP contribution < -0.4 is 5.32 Å². The molecule has 0 radical (unpaired) electrons. The van der Waals surface area contributed by atoms with Gasteiger partial charge >= 0.3 is 17.9 Å². The topological polar surface area (TPSA) is 205 Å². The normalized spacial score (nSPS) is 25.0. The van der Waals surface area contributed by atoms with E-state index in [1.165, 1.54) is 11.8 Å². The Kier molecular flexibility index (Phi) is 23.3. The molecule has 2 saturated carbocycles. The molecule has 0 bridgehead atoms. The van der Waals surface area contributed by atoms with Crippen LogP contribution in [0.2, 0.25) is 0 Å². The molecule has 1 aliphatic heterocycles. The molecule has 5 unspecified atom stereocenters. The van der Waals surface area contributed by atoms with E-state index in [1.54, 1.807) is 54.5 Å². The van der Waals surface area contributed by atoms with Crippen LogP contribution in [0, 0.1) is 69.5 Å². The van der Waals surface area contributed by atoms with Gasteiger partial charge in [0.25, 0.3) is 5.97 Å². The van der Waals surface area contributed by atoms with E-state index in [9.17, 15) is 24.0 Å². The summed E-state index contributed by atoms with van der Waals surface area (Å²) in [5.41, 5.74) is 0.926. The smallest absolute Gasteiger partial charge is 0.342 e. The molecule has 3 aliphatic rings. The molecule has 2 fully saturated rings. The third-order valence-corrected chi connectivity index (χ3v) is 16.0. The number of aromatic amines is 1. The van der Waals surface area contributed by atoms with Gasteiger partial charge in [0, 0.05) is 72.5 Å². The fraction of sp³-hybridized carbons (Fsp3) is 0.712. The number of nitrogens with one attached hydrogen (secondary N) is 2. The van der Waals surface area contributed by atoms with Gasteiger partial charge in [0.15, 0.2) is 5.91 Å². The van der Waals surface area contributed by atoms with Crippen molar-refractivity contribution in [3.63, 3.8) is 0 Å². The van der Waals surface area contributed by atoms with Gasteiger partial charge in [0.1, 0.15) is 30.2 Å². The number of carboxylic acids is 1. The minimum absolute atomic E-state index is 0. The van der Waals surface area contributed by atoms with Crippen molar-refractivity contribution < 1.29 is 67.6 Å². The zero-order valence-electron chi connectivity index (χ0n) is 49.9. The third kappa shape index (κ3) is 18.3. The first kappa shape index (κ1) is 67.1. The van der Waals surface area contributed by atoms with Gasteiger partial charge < -0.3 is 39.9 Å². The van der Waals surface area contributed by atoms with Crippen LogP contribution in [-0.4, -0.2) is 81.4 Å². The SMILES string of the molecule is C=C(C)C(=O)OCCSC(C)C(=O)N=C1[N-]C(=Cc2[nH]c(NC(=O)C(C)(C)C)c(C(=O)OC3C(C(C)(C)C)CC(C)CC3C(C)(C)C)c2C)C(C)=C1C(=O)OC1C(C(C)(C)C)CC(C)CC1C(C)(C)C.CC(=O)O.[Zn]. The summed E-state index contributed by atoms with van der Waals surface area (Å²) in [6, 6.07) is 0. The summed E-state index contributed by atoms with van der Waals surface area (Å²) in [5.74, 6) is -1.62. The molecule has 2 heterocycles. The predicted molar refractivity (Wildman–Crippen MR) is 299 cm³/mol. The first-order valence-corrected chi connectivity index (χ1v) is 27.5. The Morgan fingerprint density at radius 1 is 0.773 bits per heavy atom. The molecule has 5 atom stereocenters. The summed E-state index contributed by atoms with van der Waals surface area (Å²) in [6.07, 6.45) is 4.57. The molecule has 418 valence electrons. The van der Waals surface area contributed by atoms with Gasteiger partial charge in [-0.05, 0) is 116 Å². The summed E-state index contributed by atoms with van der Waals surface area (Å²) >= 11 is 1.27. The molecule has 3 N–H and O–H groups in total. The summed E-state index contributed by atoms with van der Waals surface area (Å²) < 4.78 is 18.7. The summed E-state index contributed by atoms with van der Waals surface area (Å²) in [4.78, 5) is 86.2. The number of allylic oxidation sites excluding steroid dienone is 1. The summed E-state index contributed by atoms with van der Waals surface area (Å²) in [7, 11) is 0. The molecule has 16 heteroatoms. The fourth-order valence-corrected chi connectivity index (χ4v) is 11.1. The number of H-pyrrole nitrogens is 1. The summed E-state index contributed by atoms with van der Waals surface area (Å²) in [6.45, 7) is 48.0. The Bertz CT molecular complexity index is 2310. The number of esters is 3. The molecule has 2 aliphatic carbocycles. The van der Waals surface area contributed by atoms with E-state index in [1.807, 2.05) is 0 Å². The van der Waals surface area contributed by atoms with Crippen molar-refractivity contribution in [1.29, 1.82) is 0 Å². The monoisotopic (exact) mass is 1110 g/mol. The number of aliphatic imine (C=N–C) groups is 1. The fourth-order valence-electron chi connectivity index (χ4n) is 10.4. The zero-order valence-corrected chi connectivity index (χ0v) is 53.6. The number of amides is 2. The van der Waals surface area contributed by atoms with Crippen LogP contribution in [0.25, 0.3) is 11.4 Å². The number of aromatic nitrogens is 1. The number of thioether (sulfide) groups is 1. The van der Waals surface area contributed by atoms with Gasteiger partial charge in [-0.15, -0.1) is 11.8 Å². The molecular formula is C59H93N4O10SZn-. The van der Waals surface area contributed by atoms with Gasteiger partial charge in [-0.25, -0.2) is 14.4 Å². The maximum absolute atomic E-state index is 14.9. The van der Waals surface area contributed by atoms with Crippen LogP contribution in [0.15, 0.2) is 34.0 Å². The van der Waals surface area contributed by atoms with E-state index in [2.05, 4.69) is 119 Å². The molecule has 4 rings (SSSR count). The summed E-state index contributed by atoms with van der Waals surface area (Å²) in [5, 5.41) is 14.6. The standard InChI is InChI=1S/C57H90N4O8S.C2H4O2.Zn/c1-30(2)49(63)67-23-24-70-35(7)48(62)60-46-42(50(64)68-44-36(53(8,9)10)25-31(3)26-37(44)54(11,12)13)33(5)40(58-46)29-41-34(6)43(47(59-41)61-52(66)57(20,21)22)51(65)69-45-38(55(14,15)16)27-32(4)28-39(45)56(17,18)19;1-2(3)4;/h29,31-32,35-39,44-45H,1,23-28H2,2-22H3,(H3,58,59,60,61,62,64,65,66);1H3,(H,3,4);/p-1. The first-order chi connectivity index (χ1) is 33.6. The van der Waals surface area contributed by atoms with Crippen molar-refractivity contribution in [1.82, 2.24) is 4.98 Å². The second-order valence-corrected chi connectivity index (χ2v) is 28.2. The number of carboxylic acid groups (broad SMARTS) is 1. The van der Waals surface area contributed by atoms with Crippen LogP contribution in [-0.2, 0) is 57.7 Å². The van der Waals surface area contributed by atoms with Gasteiger partial charge in [-0.2, -0.15) is 0 Å². The number of aliphatic carboxylic acids is 1. The molecule has 0 saturated heterocycles. The number of hydrogen-bond acceptors (Lipinski definition) is 10. The van der Waals surface area contributed by atoms with Crippen molar-refractivity contribution in [2.24, 2.45) is 67.6 Å². The number of nitrogens with zero attached hydrogens (tertiary/aromatic N) is 2. The number of carbonyl (C=O) groups is 6. The third-order valence-electron chi connectivity index (χ3n) is 14.9. The average molecular weight is 1120 g/mol. The van der Waals surface area contributed by atoms with Crippen LogP contribution in [0.5, 0.6) is 0 Å². The molecule has 0 aromatic carbocycles. The average Bonchev–Trinajstić information content (AvgIpc) is 3.70. The molecule has 14 nitrogen and oxygen atoms in total. The van der Waals surface area contributed by atoms with E-state index in [4.69, 9.17) is 29.4 Å². The molecular weight excluding hydrogens is 1020 g/mol. The van der Waals surface area contributed by atoms with Gasteiger partial charge in [0.2, 0.25) is 5.91 Å². The van der Waals surface area contributed by atoms with Crippen molar-refractivity contribution >= 4 is 65.2 Å². The number of carbonyl (C=O) groups excluding carboxylic acids is 5. The minimum Gasteiger partial charge on any atom is -0.481 e. The maximum Gasteiger partial charge on any atom is 0.342 e. The van der Waals surface area contributed by atoms with Crippen molar-refractivity contribution in [3.05, 3.63) is 51.1 Å².